The fourth-order valence-electron chi connectivity index (χ4n) is 1.10. The van der Waals surface area contributed by atoms with Crippen molar-refractivity contribution >= 4 is 10.9 Å². The minimum atomic E-state index is 0.292. The molecule has 3 nitrogen and oxygen atoms in total. The number of nitrogens with zero attached hydrogens (tertiary/aromatic N) is 1. The minimum Gasteiger partial charge on any atom is -0.505 e. The lowest BCUT2D eigenvalue weighted by molar-refractivity contribution is 0.476. The van der Waals surface area contributed by atoms with Crippen LogP contribution in [0.4, 0.5) is 0 Å². The summed E-state index contributed by atoms with van der Waals surface area (Å²) in [6, 6.07) is 3.79. The Morgan fingerprint density at radius 3 is 3.09 bits per heavy atom. The lowest BCUT2D eigenvalue weighted by atomic mass is 10.2. The summed E-state index contributed by atoms with van der Waals surface area (Å²) in [7, 11) is 0. The number of phenols is 1. The molecule has 2 aromatic rings. The highest BCUT2D eigenvalue weighted by molar-refractivity contribution is 5.84. The van der Waals surface area contributed by atoms with Crippen LogP contribution >= 0.6 is 0 Å². The van der Waals surface area contributed by atoms with Crippen molar-refractivity contribution in [3.8, 4) is 5.75 Å². The molecule has 56 valence electrons. The first-order chi connectivity index (χ1) is 5.29. The third-order valence-electron chi connectivity index (χ3n) is 1.79. The van der Waals surface area contributed by atoms with E-state index in [4.69, 9.17) is 0 Å². The molecule has 0 atom stereocenters. The van der Waals surface area contributed by atoms with Crippen LogP contribution in [0.5, 0.6) is 5.75 Å². The normalized spacial score (nSPS) is 10.6. The molecular formula is C8H8N2O. The number of nitrogens with one attached hydrogen (secondary N) is 1. The molecule has 1 aromatic heterocycles. The molecular weight excluding hydrogens is 140 g/mol. The van der Waals surface area contributed by atoms with Crippen molar-refractivity contribution < 1.29 is 5.11 Å². The van der Waals surface area contributed by atoms with E-state index in [1.165, 1.54) is 0 Å². The molecule has 0 bridgehead atoms. The third-order valence-corrected chi connectivity index (χ3v) is 1.79. The SMILES string of the molecule is Cc1ccc2cn[nH]c2c1O. The van der Waals surface area contributed by atoms with Gasteiger partial charge in [-0.05, 0) is 12.5 Å². The molecule has 0 aliphatic heterocycles. The van der Waals surface area contributed by atoms with Crippen LogP contribution in [0, 0.1) is 6.92 Å². The van der Waals surface area contributed by atoms with E-state index in [1.807, 2.05) is 19.1 Å². The average molecular weight is 148 g/mol. The zero-order valence-electron chi connectivity index (χ0n) is 6.13. The van der Waals surface area contributed by atoms with Crippen molar-refractivity contribution in [2.75, 3.05) is 0 Å². The second kappa shape index (κ2) is 1.99. The molecule has 3 heteroatoms. The van der Waals surface area contributed by atoms with E-state index < -0.39 is 0 Å². The molecule has 1 aromatic carbocycles. The van der Waals surface area contributed by atoms with Crippen LogP contribution < -0.4 is 0 Å². The minimum absolute atomic E-state index is 0.292. The molecule has 0 radical (unpaired) electrons. The quantitative estimate of drug-likeness (QED) is 0.595. The van der Waals surface area contributed by atoms with Crippen molar-refractivity contribution in [2.24, 2.45) is 0 Å². The van der Waals surface area contributed by atoms with Crippen molar-refractivity contribution in [1.82, 2.24) is 10.2 Å². The number of aromatic hydroxyl groups is 1. The Morgan fingerprint density at radius 2 is 2.27 bits per heavy atom. The van der Waals surface area contributed by atoms with E-state index in [-0.39, 0.29) is 0 Å². The highest BCUT2D eigenvalue weighted by atomic mass is 16.3. The van der Waals surface area contributed by atoms with Crippen LogP contribution in [0.1, 0.15) is 5.56 Å². The fourth-order valence-corrected chi connectivity index (χ4v) is 1.10. The van der Waals surface area contributed by atoms with Gasteiger partial charge in [0.15, 0.2) is 0 Å². The zero-order valence-corrected chi connectivity index (χ0v) is 6.13. The fraction of sp³-hybridized carbons (Fsp3) is 0.125. The van der Waals surface area contributed by atoms with E-state index in [1.54, 1.807) is 6.20 Å². The lowest BCUT2D eigenvalue weighted by Crippen LogP contribution is -1.75. The van der Waals surface area contributed by atoms with Gasteiger partial charge in [-0.2, -0.15) is 5.10 Å². The van der Waals surface area contributed by atoms with Crippen LogP contribution in [-0.2, 0) is 0 Å². The molecule has 1 heterocycles. The van der Waals surface area contributed by atoms with Gasteiger partial charge in [0.1, 0.15) is 11.3 Å². The van der Waals surface area contributed by atoms with Crippen molar-refractivity contribution in [3.63, 3.8) is 0 Å². The van der Waals surface area contributed by atoms with Crippen LogP contribution in [0.2, 0.25) is 0 Å². The molecule has 0 saturated heterocycles. The topological polar surface area (TPSA) is 48.9 Å². The van der Waals surface area contributed by atoms with Crippen LogP contribution in [0.15, 0.2) is 18.3 Å². The Labute approximate surface area is 63.7 Å². The number of rotatable bonds is 0. The highest BCUT2D eigenvalue weighted by Gasteiger charge is 2.02. The number of phenolic OH excluding ortho intramolecular Hbond substituents is 1. The molecule has 11 heavy (non-hydrogen) atoms. The molecule has 0 fully saturated rings. The average Bonchev–Trinajstić information content (AvgIpc) is 2.45. The first-order valence-corrected chi connectivity index (χ1v) is 3.40. The molecule has 0 aliphatic rings. The van der Waals surface area contributed by atoms with Gasteiger partial charge in [0.2, 0.25) is 0 Å². The van der Waals surface area contributed by atoms with E-state index in [0.717, 1.165) is 10.9 Å². The van der Waals surface area contributed by atoms with Crippen molar-refractivity contribution in [1.29, 1.82) is 0 Å². The van der Waals surface area contributed by atoms with Crippen molar-refractivity contribution in [3.05, 3.63) is 23.9 Å². The number of fused-ring (bicyclic) bond motifs is 1. The van der Waals surface area contributed by atoms with Crippen molar-refractivity contribution in [2.45, 2.75) is 6.92 Å². The van der Waals surface area contributed by atoms with E-state index >= 15 is 0 Å². The van der Waals surface area contributed by atoms with Gasteiger partial charge in [-0.3, -0.25) is 5.10 Å². The zero-order chi connectivity index (χ0) is 7.84. The Bertz CT molecular complexity index is 392. The van der Waals surface area contributed by atoms with Crippen LogP contribution in [-0.4, -0.2) is 15.3 Å². The first-order valence-electron chi connectivity index (χ1n) is 3.40. The van der Waals surface area contributed by atoms with Gasteiger partial charge in [-0.25, -0.2) is 0 Å². The monoisotopic (exact) mass is 148 g/mol. The molecule has 0 amide bonds. The Morgan fingerprint density at radius 1 is 1.45 bits per heavy atom. The van der Waals surface area contributed by atoms with E-state index in [2.05, 4.69) is 10.2 Å². The second-order valence-electron chi connectivity index (χ2n) is 2.57. The highest BCUT2D eigenvalue weighted by Crippen LogP contribution is 2.25. The number of aromatic nitrogens is 2. The lowest BCUT2D eigenvalue weighted by Gasteiger charge is -1.97. The Hall–Kier alpha value is -1.51. The maximum absolute atomic E-state index is 9.48. The van der Waals surface area contributed by atoms with Gasteiger partial charge in [0.05, 0.1) is 6.20 Å². The number of hydrogen-bond acceptors (Lipinski definition) is 2. The number of benzene rings is 1. The number of hydrogen-bond donors (Lipinski definition) is 2. The Kier molecular flexibility index (Phi) is 1.12. The summed E-state index contributed by atoms with van der Waals surface area (Å²) in [6.07, 6.45) is 1.69. The summed E-state index contributed by atoms with van der Waals surface area (Å²) in [6.45, 7) is 1.86. The Balaban J connectivity index is 2.93. The predicted molar refractivity (Wildman–Crippen MR) is 42.5 cm³/mol. The summed E-state index contributed by atoms with van der Waals surface area (Å²) in [5, 5.41) is 17.0. The number of H-pyrrole nitrogens is 1. The summed E-state index contributed by atoms with van der Waals surface area (Å²) >= 11 is 0. The van der Waals surface area contributed by atoms with Gasteiger partial charge in [-0.1, -0.05) is 12.1 Å². The van der Waals surface area contributed by atoms with Crippen LogP contribution in [0.3, 0.4) is 0 Å². The second-order valence-corrected chi connectivity index (χ2v) is 2.57. The smallest absolute Gasteiger partial charge is 0.144 e. The van der Waals surface area contributed by atoms with Gasteiger partial charge in [0, 0.05) is 5.39 Å². The van der Waals surface area contributed by atoms with Crippen LogP contribution in [0.25, 0.3) is 10.9 Å². The summed E-state index contributed by atoms with van der Waals surface area (Å²) in [5.41, 5.74) is 1.58. The third kappa shape index (κ3) is 0.774. The maximum Gasteiger partial charge on any atom is 0.144 e. The van der Waals surface area contributed by atoms with E-state index in [9.17, 15) is 5.11 Å². The molecule has 0 unspecified atom stereocenters. The summed E-state index contributed by atoms with van der Waals surface area (Å²) < 4.78 is 0. The largest absolute Gasteiger partial charge is 0.505 e. The van der Waals surface area contributed by atoms with Gasteiger partial charge < -0.3 is 5.11 Å². The first kappa shape index (κ1) is 6.22. The van der Waals surface area contributed by atoms with Gasteiger partial charge in [-0.15, -0.1) is 0 Å². The predicted octanol–water partition coefficient (Wildman–Crippen LogP) is 1.58. The standard InChI is InChI=1S/C8H8N2O/c1-5-2-3-6-4-9-10-7(6)8(5)11/h2-4,11H,1H3,(H,9,10). The molecule has 0 saturated carbocycles. The number of aromatic amines is 1. The molecule has 0 spiro atoms. The van der Waals surface area contributed by atoms with Gasteiger partial charge >= 0.3 is 0 Å². The molecule has 2 rings (SSSR count). The molecule has 0 aliphatic carbocycles. The van der Waals surface area contributed by atoms with Gasteiger partial charge in [0.25, 0.3) is 0 Å². The summed E-state index contributed by atoms with van der Waals surface area (Å²) in [4.78, 5) is 0. The van der Waals surface area contributed by atoms with E-state index in [0.29, 0.717) is 11.3 Å². The molecule has 2 N–H and O–H groups in total. The maximum atomic E-state index is 9.48. The number of aryl methyl sites for hydroxylation is 1. The summed E-state index contributed by atoms with van der Waals surface area (Å²) in [5.74, 6) is 0.292.